The summed E-state index contributed by atoms with van der Waals surface area (Å²) in [6.45, 7) is 1.95. The van der Waals surface area contributed by atoms with Crippen molar-refractivity contribution in [2.75, 3.05) is 17.2 Å². The Morgan fingerprint density at radius 3 is 2.70 bits per heavy atom. The third-order valence-corrected chi connectivity index (χ3v) is 2.40. The Morgan fingerprint density at radius 2 is 2.00 bits per heavy atom. The van der Waals surface area contributed by atoms with E-state index in [0.717, 1.165) is 0 Å². The second kappa shape index (κ2) is 6.37. The Hall–Kier alpha value is -2.83. The van der Waals surface area contributed by atoms with Gasteiger partial charge in [-0.3, -0.25) is 10.4 Å². The molecule has 2 amide bonds. The van der Waals surface area contributed by atoms with Gasteiger partial charge in [0.05, 0.1) is 12.8 Å². The summed E-state index contributed by atoms with van der Waals surface area (Å²) < 4.78 is 4.86. The van der Waals surface area contributed by atoms with Crippen molar-refractivity contribution >= 4 is 23.5 Å². The second-order valence-corrected chi connectivity index (χ2v) is 3.82. The van der Waals surface area contributed by atoms with Gasteiger partial charge in [0, 0.05) is 5.69 Å². The zero-order chi connectivity index (χ0) is 14.4. The molecule has 1 heterocycles. The number of carbonyl (C=O) groups excluding carboxylic acids is 2. The quantitative estimate of drug-likeness (QED) is 0.745. The maximum absolute atomic E-state index is 11.8. The van der Waals surface area contributed by atoms with E-state index in [0.29, 0.717) is 5.69 Å². The average molecular weight is 274 g/mol. The number of anilines is 2. The zero-order valence-electron chi connectivity index (χ0n) is 10.8. The lowest BCUT2D eigenvalue weighted by atomic mass is 10.3. The molecule has 2 rings (SSSR count). The van der Waals surface area contributed by atoms with Crippen molar-refractivity contribution in [1.82, 2.24) is 10.2 Å². The molecule has 0 bridgehead atoms. The Kier molecular flexibility index (Phi) is 4.33. The molecule has 0 fully saturated rings. The first-order valence-corrected chi connectivity index (χ1v) is 6.04. The average Bonchev–Trinajstić information content (AvgIpc) is 2.88. The molecule has 7 nitrogen and oxygen atoms in total. The number of para-hydroxylation sites is 1. The Labute approximate surface area is 115 Å². The van der Waals surface area contributed by atoms with Gasteiger partial charge in [-0.25, -0.2) is 9.59 Å². The first kappa shape index (κ1) is 13.6. The van der Waals surface area contributed by atoms with Gasteiger partial charge >= 0.3 is 12.0 Å². The number of nitrogens with zero attached hydrogens (tertiary/aromatic N) is 1. The predicted molar refractivity (Wildman–Crippen MR) is 73.6 cm³/mol. The molecule has 0 spiro atoms. The van der Waals surface area contributed by atoms with Crippen LogP contribution < -0.4 is 10.6 Å². The number of aromatic nitrogens is 2. The highest BCUT2D eigenvalue weighted by molar-refractivity contribution is 6.03. The highest BCUT2D eigenvalue weighted by Crippen LogP contribution is 2.13. The van der Waals surface area contributed by atoms with Crippen LogP contribution in [0.4, 0.5) is 16.3 Å². The number of hydrogen-bond acceptors (Lipinski definition) is 4. The minimum atomic E-state index is -0.545. The van der Waals surface area contributed by atoms with Crippen LogP contribution in [0.15, 0.2) is 36.5 Å². The van der Waals surface area contributed by atoms with Crippen molar-refractivity contribution in [3.05, 3.63) is 42.1 Å². The Morgan fingerprint density at radius 1 is 1.25 bits per heavy atom. The summed E-state index contributed by atoms with van der Waals surface area (Å²) in [6, 6.07) is 8.46. The molecule has 0 aliphatic carbocycles. The van der Waals surface area contributed by atoms with Gasteiger partial charge < -0.3 is 10.1 Å². The lowest BCUT2D eigenvalue weighted by molar-refractivity contribution is 0.0527. The van der Waals surface area contributed by atoms with Gasteiger partial charge in [0.15, 0.2) is 0 Å². The fourth-order valence-electron chi connectivity index (χ4n) is 1.54. The highest BCUT2D eigenvalue weighted by Gasteiger charge is 2.16. The number of benzene rings is 1. The van der Waals surface area contributed by atoms with Crippen LogP contribution in [-0.4, -0.2) is 28.8 Å². The molecule has 0 unspecified atom stereocenters. The molecule has 2 aromatic rings. The topological polar surface area (TPSA) is 96.1 Å². The first-order valence-electron chi connectivity index (χ1n) is 6.04. The molecule has 7 heteroatoms. The number of nitrogens with one attached hydrogen (secondary N) is 3. The van der Waals surface area contributed by atoms with Crippen LogP contribution >= 0.6 is 0 Å². The van der Waals surface area contributed by atoms with E-state index in [4.69, 9.17) is 4.74 Å². The standard InChI is InChI=1S/C13H14N4O3/c1-2-20-12(18)10-8-14-17-11(10)16-13(19)15-9-6-4-3-5-7-9/h3-8H,2H2,1H3,(H3,14,15,16,17,19). The van der Waals surface area contributed by atoms with E-state index >= 15 is 0 Å². The summed E-state index contributed by atoms with van der Waals surface area (Å²) in [5.41, 5.74) is 0.817. The van der Waals surface area contributed by atoms with E-state index in [1.54, 1.807) is 31.2 Å². The smallest absolute Gasteiger partial charge is 0.343 e. The maximum Gasteiger partial charge on any atom is 0.343 e. The summed E-state index contributed by atoms with van der Waals surface area (Å²) in [5.74, 6) is -0.354. The number of rotatable bonds is 4. The largest absolute Gasteiger partial charge is 0.462 e. The number of ether oxygens (including phenoxy) is 1. The summed E-state index contributed by atoms with van der Waals surface area (Å²) in [5, 5.41) is 11.4. The number of H-pyrrole nitrogens is 1. The van der Waals surface area contributed by atoms with Gasteiger partial charge in [-0.2, -0.15) is 5.10 Å². The molecule has 1 aromatic carbocycles. The highest BCUT2D eigenvalue weighted by atomic mass is 16.5. The van der Waals surface area contributed by atoms with Crippen LogP contribution in [0.2, 0.25) is 0 Å². The van der Waals surface area contributed by atoms with Gasteiger partial charge in [0.2, 0.25) is 0 Å². The van der Waals surface area contributed by atoms with Crippen LogP contribution in [0.1, 0.15) is 17.3 Å². The van der Waals surface area contributed by atoms with Crippen molar-refractivity contribution < 1.29 is 14.3 Å². The van der Waals surface area contributed by atoms with Gasteiger partial charge in [0.25, 0.3) is 0 Å². The SMILES string of the molecule is CCOC(=O)c1cn[nH]c1NC(=O)Nc1ccccc1. The number of urea groups is 1. The van der Waals surface area contributed by atoms with Gasteiger partial charge in [0.1, 0.15) is 11.4 Å². The summed E-state index contributed by atoms with van der Waals surface area (Å²) >= 11 is 0. The van der Waals surface area contributed by atoms with Crippen LogP contribution in [0.3, 0.4) is 0 Å². The van der Waals surface area contributed by atoms with Crippen molar-refractivity contribution in [3.63, 3.8) is 0 Å². The first-order chi connectivity index (χ1) is 9.70. The number of amides is 2. The summed E-state index contributed by atoms with van der Waals surface area (Å²) in [4.78, 5) is 23.4. The second-order valence-electron chi connectivity index (χ2n) is 3.82. The molecule has 104 valence electrons. The summed E-state index contributed by atoms with van der Waals surface area (Å²) in [6.07, 6.45) is 1.30. The minimum absolute atomic E-state index is 0.176. The van der Waals surface area contributed by atoms with E-state index in [-0.39, 0.29) is 18.0 Å². The lowest BCUT2D eigenvalue weighted by Crippen LogP contribution is -2.21. The Balaban J connectivity index is 2.02. The molecule has 0 atom stereocenters. The normalized spacial score (nSPS) is 9.85. The molecule has 3 N–H and O–H groups in total. The van der Waals surface area contributed by atoms with E-state index in [1.165, 1.54) is 6.20 Å². The van der Waals surface area contributed by atoms with Crippen LogP contribution in [0.25, 0.3) is 0 Å². The number of carbonyl (C=O) groups is 2. The van der Waals surface area contributed by atoms with E-state index in [9.17, 15) is 9.59 Å². The number of hydrogen-bond donors (Lipinski definition) is 3. The van der Waals surface area contributed by atoms with Crippen molar-refractivity contribution in [2.24, 2.45) is 0 Å². The van der Waals surface area contributed by atoms with Gasteiger partial charge in [-0.15, -0.1) is 0 Å². The fraction of sp³-hybridized carbons (Fsp3) is 0.154. The molecule has 0 saturated carbocycles. The molecule has 0 aliphatic rings. The maximum atomic E-state index is 11.8. The van der Waals surface area contributed by atoms with Crippen molar-refractivity contribution in [2.45, 2.75) is 6.92 Å². The van der Waals surface area contributed by atoms with Crippen LogP contribution in [0.5, 0.6) is 0 Å². The lowest BCUT2D eigenvalue weighted by Gasteiger charge is -2.07. The van der Waals surface area contributed by atoms with Crippen LogP contribution in [-0.2, 0) is 4.74 Å². The molecule has 0 saturated heterocycles. The molecule has 0 radical (unpaired) electrons. The van der Waals surface area contributed by atoms with Crippen molar-refractivity contribution in [1.29, 1.82) is 0 Å². The van der Waals surface area contributed by atoms with Gasteiger partial charge in [-0.05, 0) is 19.1 Å². The molecule has 0 aliphatic heterocycles. The molecule has 20 heavy (non-hydrogen) atoms. The third-order valence-electron chi connectivity index (χ3n) is 2.40. The summed E-state index contributed by atoms with van der Waals surface area (Å²) in [7, 11) is 0. The molecule has 1 aromatic heterocycles. The number of esters is 1. The van der Waals surface area contributed by atoms with E-state index in [2.05, 4.69) is 20.8 Å². The van der Waals surface area contributed by atoms with Crippen molar-refractivity contribution in [3.8, 4) is 0 Å². The van der Waals surface area contributed by atoms with E-state index in [1.807, 2.05) is 6.07 Å². The third kappa shape index (κ3) is 3.35. The molecular weight excluding hydrogens is 260 g/mol. The monoisotopic (exact) mass is 274 g/mol. The van der Waals surface area contributed by atoms with Gasteiger partial charge in [-0.1, -0.05) is 18.2 Å². The predicted octanol–water partition coefficient (Wildman–Crippen LogP) is 2.23. The molecular formula is C13H14N4O3. The number of aromatic amines is 1. The zero-order valence-corrected chi connectivity index (χ0v) is 10.8. The van der Waals surface area contributed by atoms with Crippen LogP contribution in [0, 0.1) is 0 Å². The minimum Gasteiger partial charge on any atom is -0.462 e. The fourth-order valence-corrected chi connectivity index (χ4v) is 1.54. The Bertz CT molecular complexity index is 595. The van der Waals surface area contributed by atoms with E-state index < -0.39 is 12.0 Å².